The summed E-state index contributed by atoms with van der Waals surface area (Å²) < 4.78 is 0. The lowest BCUT2D eigenvalue weighted by molar-refractivity contribution is -0.111. The molecule has 0 aliphatic rings. The number of carboxylic acid groups (broad SMARTS) is 1. The highest BCUT2D eigenvalue weighted by Crippen LogP contribution is 2.34. The van der Waals surface area contributed by atoms with Crippen molar-refractivity contribution in [1.29, 1.82) is 0 Å². The lowest BCUT2D eigenvalue weighted by Crippen LogP contribution is -2.16. The maximum Gasteiger partial charge on any atom is 0.339 e. The Kier molecular flexibility index (Phi) is 10.5. The number of hydrogen-bond donors (Lipinski definition) is 3. The van der Waals surface area contributed by atoms with Crippen molar-refractivity contribution in [1.82, 2.24) is 0 Å². The first-order chi connectivity index (χ1) is 15.4. The van der Waals surface area contributed by atoms with Crippen LogP contribution in [-0.2, 0) is 4.79 Å². The van der Waals surface area contributed by atoms with Crippen LogP contribution in [0, 0.1) is 0 Å². The lowest BCUT2D eigenvalue weighted by atomic mass is 9.90. The molecular weight excluding hydrogens is 420 g/mol. The summed E-state index contributed by atoms with van der Waals surface area (Å²) >= 11 is 0. The molecule has 0 aliphatic carbocycles. The van der Waals surface area contributed by atoms with Crippen LogP contribution in [0.3, 0.4) is 0 Å². The van der Waals surface area contributed by atoms with Crippen LogP contribution in [0.2, 0.25) is 0 Å². The van der Waals surface area contributed by atoms with Gasteiger partial charge in [0, 0.05) is 0 Å². The van der Waals surface area contributed by atoms with E-state index in [1.807, 2.05) is 33.8 Å². The molecule has 0 spiro atoms. The second kappa shape index (κ2) is 12.6. The summed E-state index contributed by atoms with van der Waals surface area (Å²) in [6.07, 6.45) is 7.86. The van der Waals surface area contributed by atoms with E-state index in [-0.39, 0.29) is 5.57 Å². The minimum absolute atomic E-state index is 0.174. The molecule has 0 aromatic heterocycles. The zero-order valence-corrected chi connectivity index (χ0v) is 20.3. The number of carbonyl (C=O) groups excluding carboxylic acids is 2. The summed E-state index contributed by atoms with van der Waals surface area (Å²) in [5.74, 6) is -4.34. The summed E-state index contributed by atoms with van der Waals surface area (Å²) in [5.41, 5.74) is 2.26. The largest absolute Gasteiger partial charge is 0.507 e. The minimum atomic E-state index is -1.45. The number of benzene rings is 1. The van der Waals surface area contributed by atoms with Gasteiger partial charge < -0.3 is 15.3 Å². The molecule has 0 saturated heterocycles. The molecular formula is C27H34O6. The third kappa shape index (κ3) is 8.22. The molecule has 0 saturated carbocycles. The topological polar surface area (TPSA) is 112 Å². The number of phenolic OH excluding ortho intramolecular Hbond substituents is 1. The number of carboxylic acids is 1. The minimum Gasteiger partial charge on any atom is -0.507 e. The van der Waals surface area contributed by atoms with E-state index >= 15 is 0 Å². The Bertz CT molecular complexity index is 1040. The first-order valence-electron chi connectivity index (χ1n) is 10.9. The summed E-state index contributed by atoms with van der Waals surface area (Å²) in [4.78, 5) is 38.0. The van der Waals surface area contributed by atoms with Crippen molar-refractivity contribution in [3.63, 3.8) is 0 Å². The zero-order chi connectivity index (χ0) is 25.3. The average Bonchev–Trinajstić information content (AvgIpc) is 2.67. The van der Waals surface area contributed by atoms with Crippen molar-refractivity contribution >= 4 is 17.5 Å². The molecule has 0 radical (unpaired) electrons. The van der Waals surface area contributed by atoms with Gasteiger partial charge in [-0.2, -0.15) is 0 Å². The van der Waals surface area contributed by atoms with E-state index in [2.05, 4.69) is 6.08 Å². The van der Waals surface area contributed by atoms with Crippen LogP contribution >= 0.6 is 0 Å². The van der Waals surface area contributed by atoms with Crippen molar-refractivity contribution in [2.75, 3.05) is 0 Å². The van der Waals surface area contributed by atoms with Crippen molar-refractivity contribution in [2.45, 2.75) is 67.2 Å². The van der Waals surface area contributed by atoms with E-state index in [1.54, 1.807) is 13.8 Å². The molecule has 1 rings (SSSR count). The van der Waals surface area contributed by atoms with Crippen LogP contribution < -0.4 is 0 Å². The molecule has 0 heterocycles. The van der Waals surface area contributed by atoms with Gasteiger partial charge in [-0.1, -0.05) is 34.4 Å². The molecule has 178 valence electrons. The predicted octanol–water partition coefficient (Wildman–Crippen LogP) is 6.30. The Labute approximate surface area is 195 Å². The van der Waals surface area contributed by atoms with Gasteiger partial charge >= 0.3 is 5.97 Å². The van der Waals surface area contributed by atoms with Gasteiger partial charge in [-0.05, 0) is 85.4 Å². The predicted molar refractivity (Wildman–Crippen MR) is 130 cm³/mol. The number of rotatable bonds is 11. The Morgan fingerprint density at radius 2 is 1.39 bits per heavy atom. The molecule has 1 aromatic carbocycles. The van der Waals surface area contributed by atoms with Crippen LogP contribution in [0.25, 0.3) is 0 Å². The molecule has 1 aromatic rings. The van der Waals surface area contributed by atoms with E-state index in [4.69, 9.17) is 0 Å². The molecule has 0 fully saturated rings. The highest BCUT2D eigenvalue weighted by Gasteiger charge is 2.28. The van der Waals surface area contributed by atoms with Gasteiger partial charge in [-0.3, -0.25) is 9.59 Å². The van der Waals surface area contributed by atoms with Gasteiger partial charge in [0.1, 0.15) is 22.6 Å². The summed E-state index contributed by atoms with van der Waals surface area (Å²) in [7, 11) is 0. The van der Waals surface area contributed by atoms with Crippen molar-refractivity contribution in [3.05, 3.63) is 69.4 Å². The lowest BCUT2D eigenvalue weighted by Gasteiger charge is -2.13. The molecule has 0 unspecified atom stereocenters. The standard InChI is InChI=1S/C27H34O6/c1-16(2)9-7-11-18(5)15-22(29)23(19(6)12-8-10-17(3)4)26(31)24-21(28)14-13-20(25(24)30)27(32)33/h9-10,13-15,28,30H,7-8,11-12H2,1-6H3,(H,32,33)/b18-15+,23-19+. The first kappa shape index (κ1) is 27.6. The molecule has 33 heavy (non-hydrogen) atoms. The van der Waals surface area contributed by atoms with Gasteiger partial charge in [-0.15, -0.1) is 0 Å². The zero-order valence-electron chi connectivity index (χ0n) is 20.3. The third-order valence-corrected chi connectivity index (χ3v) is 5.05. The van der Waals surface area contributed by atoms with E-state index in [0.29, 0.717) is 24.8 Å². The van der Waals surface area contributed by atoms with E-state index < -0.39 is 40.2 Å². The van der Waals surface area contributed by atoms with Gasteiger partial charge in [-0.25, -0.2) is 4.79 Å². The normalized spacial score (nSPS) is 12.0. The average molecular weight is 455 g/mol. The van der Waals surface area contributed by atoms with E-state index in [1.165, 1.54) is 11.6 Å². The van der Waals surface area contributed by atoms with Crippen LogP contribution in [-0.4, -0.2) is 32.9 Å². The number of phenols is 2. The Morgan fingerprint density at radius 1 is 0.848 bits per heavy atom. The maximum absolute atomic E-state index is 13.4. The van der Waals surface area contributed by atoms with E-state index in [0.717, 1.165) is 29.7 Å². The number of hydrogen-bond acceptors (Lipinski definition) is 5. The maximum atomic E-state index is 13.4. The Hall–Kier alpha value is -3.41. The number of aromatic carboxylic acids is 1. The number of allylic oxidation sites excluding steroid dienone is 8. The van der Waals surface area contributed by atoms with Crippen LogP contribution in [0.15, 0.2) is 58.2 Å². The summed E-state index contributed by atoms with van der Waals surface area (Å²) in [5, 5.41) is 29.9. The van der Waals surface area contributed by atoms with Crippen molar-refractivity contribution < 1.29 is 29.7 Å². The van der Waals surface area contributed by atoms with Crippen molar-refractivity contribution in [2.24, 2.45) is 0 Å². The van der Waals surface area contributed by atoms with Gasteiger partial charge in [0.05, 0.1) is 5.57 Å². The fourth-order valence-electron chi connectivity index (χ4n) is 3.28. The van der Waals surface area contributed by atoms with Gasteiger partial charge in [0.2, 0.25) is 5.78 Å². The quantitative estimate of drug-likeness (QED) is 0.119. The number of Topliss-reactive ketones (excluding diaryl/α,β-unsaturated/α-hetero) is 1. The van der Waals surface area contributed by atoms with Crippen LogP contribution in [0.5, 0.6) is 11.5 Å². The fraction of sp³-hybridized carbons (Fsp3) is 0.370. The second-order valence-electron chi connectivity index (χ2n) is 8.64. The SMILES string of the molecule is CC(C)=CCC/C(C)=C/C(=O)/C(C(=O)c1c(O)ccc(C(=O)O)c1O)=C(/C)CCC=C(C)C. The molecule has 6 nitrogen and oxygen atoms in total. The molecule has 0 atom stereocenters. The smallest absolute Gasteiger partial charge is 0.339 e. The Balaban J connectivity index is 3.52. The highest BCUT2D eigenvalue weighted by molar-refractivity contribution is 6.31. The molecule has 6 heteroatoms. The van der Waals surface area contributed by atoms with Crippen LogP contribution in [0.1, 0.15) is 87.9 Å². The van der Waals surface area contributed by atoms with Crippen molar-refractivity contribution in [3.8, 4) is 11.5 Å². The molecule has 0 amide bonds. The van der Waals surface area contributed by atoms with Gasteiger partial charge in [0.25, 0.3) is 0 Å². The Morgan fingerprint density at radius 3 is 1.91 bits per heavy atom. The molecule has 0 aliphatic heterocycles. The summed E-state index contributed by atoms with van der Waals surface area (Å²) in [6.45, 7) is 11.3. The molecule has 0 bridgehead atoms. The molecule has 3 N–H and O–H groups in total. The highest BCUT2D eigenvalue weighted by atomic mass is 16.4. The van der Waals surface area contributed by atoms with Gasteiger partial charge in [0.15, 0.2) is 5.78 Å². The monoisotopic (exact) mass is 454 g/mol. The third-order valence-electron chi connectivity index (χ3n) is 5.05. The van der Waals surface area contributed by atoms with Crippen LogP contribution in [0.4, 0.5) is 0 Å². The van der Waals surface area contributed by atoms with E-state index in [9.17, 15) is 29.7 Å². The number of carbonyl (C=O) groups is 3. The summed E-state index contributed by atoms with van der Waals surface area (Å²) in [6, 6.07) is 2.03. The first-order valence-corrected chi connectivity index (χ1v) is 10.9. The number of aromatic hydroxyl groups is 2. The number of ketones is 2. The second-order valence-corrected chi connectivity index (χ2v) is 8.64. The fourth-order valence-corrected chi connectivity index (χ4v) is 3.28.